The highest BCUT2D eigenvalue weighted by Gasteiger charge is 2.24. The summed E-state index contributed by atoms with van der Waals surface area (Å²) in [6.45, 7) is 1.61. The van der Waals surface area contributed by atoms with E-state index in [2.05, 4.69) is 24.3 Å². The fourth-order valence-corrected chi connectivity index (χ4v) is 3.80. The maximum Gasteiger partial charge on any atom is 0.253 e. The van der Waals surface area contributed by atoms with Crippen LogP contribution in [-0.2, 0) is 0 Å². The van der Waals surface area contributed by atoms with Gasteiger partial charge in [0.1, 0.15) is 11.5 Å². The van der Waals surface area contributed by atoms with Crippen molar-refractivity contribution in [2.24, 2.45) is 0 Å². The van der Waals surface area contributed by atoms with Gasteiger partial charge >= 0.3 is 0 Å². The number of carbonyl (C=O) groups is 1. The second-order valence-electron chi connectivity index (χ2n) is 7.29. The molecule has 1 saturated heterocycles. The van der Waals surface area contributed by atoms with Gasteiger partial charge in [-0.25, -0.2) is 0 Å². The molecule has 142 valence electrons. The molecule has 0 aromatic heterocycles. The van der Waals surface area contributed by atoms with Gasteiger partial charge in [-0.3, -0.25) is 4.79 Å². The van der Waals surface area contributed by atoms with E-state index in [4.69, 9.17) is 4.74 Å². The number of hydrogen-bond donors (Lipinski definition) is 0. The highest BCUT2D eigenvalue weighted by molar-refractivity contribution is 5.94. The Morgan fingerprint density at radius 3 is 2.14 bits per heavy atom. The third kappa shape index (κ3) is 4.42. The third-order valence-electron chi connectivity index (χ3n) is 5.31. The summed E-state index contributed by atoms with van der Waals surface area (Å²) in [5.74, 6) is 2.04. The number of carbonyl (C=O) groups excluding carboxylic acids is 1. The van der Waals surface area contributed by atoms with Crippen LogP contribution >= 0.6 is 0 Å². The Bertz CT molecular complexity index is 891. The van der Waals surface area contributed by atoms with Crippen LogP contribution in [0.5, 0.6) is 11.5 Å². The zero-order valence-electron chi connectivity index (χ0n) is 16.0. The topological polar surface area (TPSA) is 29.5 Å². The summed E-state index contributed by atoms with van der Waals surface area (Å²) in [6, 6.07) is 27.7. The molecule has 3 aromatic rings. The molecule has 4 rings (SSSR count). The van der Waals surface area contributed by atoms with E-state index in [9.17, 15) is 4.79 Å². The number of likely N-dealkylation sites (tertiary alicyclic amines) is 1. The Hall–Kier alpha value is -3.07. The maximum atomic E-state index is 13.1. The smallest absolute Gasteiger partial charge is 0.253 e. The number of rotatable bonds is 4. The normalized spacial score (nSPS) is 17.0. The van der Waals surface area contributed by atoms with Gasteiger partial charge in [0.25, 0.3) is 5.91 Å². The van der Waals surface area contributed by atoms with Gasteiger partial charge in [0.15, 0.2) is 0 Å². The lowest BCUT2D eigenvalue weighted by Gasteiger charge is -2.25. The predicted molar refractivity (Wildman–Crippen MR) is 112 cm³/mol. The van der Waals surface area contributed by atoms with Crippen LogP contribution in [0, 0.1) is 0 Å². The molecule has 3 nitrogen and oxygen atoms in total. The Labute approximate surface area is 166 Å². The monoisotopic (exact) mass is 371 g/mol. The van der Waals surface area contributed by atoms with Gasteiger partial charge in [0.05, 0.1) is 0 Å². The van der Waals surface area contributed by atoms with Gasteiger partial charge in [0, 0.05) is 24.6 Å². The first kappa shape index (κ1) is 18.3. The number of hydrogen-bond acceptors (Lipinski definition) is 2. The van der Waals surface area contributed by atoms with E-state index >= 15 is 0 Å². The number of nitrogens with zero attached hydrogens (tertiary/aromatic N) is 1. The van der Waals surface area contributed by atoms with E-state index < -0.39 is 0 Å². The molecular weight excluding hydrogens is 346 g/mol. The molecule has 1 amide bonds. The van der Waals surface area contributed by atoms with Crippen molar-refractivity contribution in [2.45, 2.75) is 25.2 Å². The lowest BCUT2D eigenvalue weighted by Crippen LogP contribution is -2.34. The molecule has 1 atom stereocenters. The summed E-state index contributed by atoms with van der Waals surface area (Å²) in [5.41, 5.74) is 2.04. The van der Waals surface area contributed by atoms with Crippen LogP contribution < -0.4 is 4.74 Å². The second-order valence-corrected chi connectivity index (χ2v) is 7.29. The Kier molecular flexibility index (Phi) is 5.72. The van der Waals surface area contributed by atoms with Crippen molar-refractivity contribution in [3.8, 4) is 11.5 Å². The van der Waals surface area contributed by atoms with Crippen molar-refractivity contribution in [1.82, 2.24) is 4.90 Å². The molecular formula is C25H25NO2. The van der Waals surface area contributed by atoms with Crippen LogP contribution in [0.3, 0.4) is 0 Å². The van der Waals surface area contributed by atoms with E-state index in [0.29, 0.717) is 11.5 Å². The SMILES string of the molecule is O=C(c1ccc(Oc2ccccc2)cc1)N1CCCCC(c2ccccc2)C1. The quantitative estimate of drug-likeness (QED) is 0.572. The molecule has 0 N–H and O–H groups in total. The summed E-state index contributed by atoms with van der Waals surface area (Å²) < 4.78 is 5.83. The molecule has 0 radical (unpaired) electrons. The number of ether oxygens (including phenoxy) is 1. The minimum absolute atomic E-state index is 0.106. The van der Waals surface area contributed by atoms with Crippen molar-refractivity contribution in [1.29, 1.82) is 0 Å². The lowest BCUT2D eigenvalue weighted by atomic mass is 9.94. The maximum absolute atomic E-state index is 13.1. The minimum atomic E-state index is 0.106. The van der Waals surface area contributed by atoms with Crippen LogP contribution in [0.4, 0.5) is 0 Å². The van der Waals surface area contributed by atoms with Gasteiger partial charge in [-0.05, 0) is 54.8 Å². The molecule has 28 heavy (non-hydrogen) atoms. The standard InChI is InChI=1S/C25H25NO2/c27-25(21-14-16-24(17-15-21)28-23-12-5-2-6-13-23)26-18-8-7-11-22(19-26)20-9-3-1-4-10-20/h1-6,9-10,12-17,22H,7-8,11,18-19H2. The zero-order chi connectivity index (χ0) is 19.2. The van der Waals surface area contributed by atoms with Crippen molar-refractivity contribution < 1.29 is 9.53 Å². The molecule has 0 saturated carbocycles. The first-order valence-electron chi connectivity index (χ1n) is 9.97. The van der Waals surface area contributed by atoms with Gasteiger partial charge in [-0.2, -0.15) is 0 Å². The van der Waals surface area contributed by atoms with Crippen molar-refractivity contribution in [3.05, 3.63) is 96.1 Å². The lowest BCUT2D eigenvalue weighted by molar-refractivity contribution is 0.0754. The Morgan fingerprint density at radius 2 is 1.43 bits per heavy atom. The van der Waals surface area contributed by atoms with E-state index in [1.54, 1.807) is 0 Å². The Balaban J connectivity index is 1.45. The van der Waals surface area contributed by atoms with Gasteiger partial charge in [0.2, 0.25) is 0 Å². The molecule has 3 aromatic carbocycles. The molecule has 1 aliphatic heterocycles. The summed E-state index contributed by atoms with van der Waals surface area (Å²) in [6.07, 6.45) is 3.36. The minimum Gasteiger partial charge on any atom is -0.457 e. The molecule has 0 aliphatic carbocycles. The zero-order valence-corrected chi connectivity index (χ0v) is 16.0. The largest absolute Gasteiger partial charge is 0.457 e. The fraction of sp³-hybridized carbons (Fsp3) is 0.240. The fourth-order valence-electron chi connectivity index (χ4n) is 3.80. The van der Waals surface area contributed by atoms with Gasteiger partial charge < -0.3 is 9.64 Å². The first-order valence-corrected chi connectivity index (χ1v) is 9.97. The molecule has 0 bridgehead atoms. The van der Waals surface area contributed by atoms with Crippen LogP contribution in [0.2, 0.25) is 0 Å². The average molecular weight is 371 g/mol. The van der Waals surface area contributed by atoms with Crippen LogP contribution in [0.15, 0.2) is 84.9 Å². The van der Waals surface area contributed by atoms with Crippen LogP contribution in [0.25, 0.3) is 0 Å². The number of amides is 1. The number of benzene rings is 3. The highest BCUT2D eigenvalue weighted by Crippen LogP contribution is 2.28. The van der Waals surface area contributed by atoms with E-state index in [1.165, 1.54) is 5.56 Å². The summed E-state index contributed by atoms with van der Waals surface area (Å²) in [5, 5.41) is 0. The van der Waals surface area contributed by atoms with E-state index in [1.807, 2.05) is 65.6 Å². The first-order chi connectivity index (χ1) is 13.8. The van der Waals surface area contributed by atoms with E-state index in [-0.39, 0.29) is 5.91 Å². The molecule has 3 heteroatoms. The van der Waals surface area contributed by atoms with Crippen molar-refractivity contribution in [2.75, 3.05) is 13.1 Å². The summed E-state index contributed by atoms with van der Waals surface area (Å²) >= 11 is 0. The van der Waals surface area contributed by atoms with E-state index in [0.717, 1.165) is 43.9 Å². The van der Waals surface area contributed by atoms with Crippen LogP contribution in [-0.4, -0.2) is 23.9 Å². The number of para-hydroxylation sites is 1. The van der Waals surface area contributed by atoms with Crippen molar-refractivity contribution in [3.63, 3.8) is 0 Å². The third-order valence-corrected chi connectivity index (χ3v) is 5.31. The van der Waals surface area contributed by atoms with Gasteiger partial charge in [-0.1, -0.05) is 55.0 Å². The molecule has 1 unspecified atom stereocenters. The van der Waals surface area contributed by atoms with Crippen molar-refractivity contribution >= 4 is 5.91 Å². The molecule has 1 heterocycles. The second kappa shape index (κ2) is 8.75. The molecule has 1 fully saturated rings. The summed E-state index contributed by atoms with van der Waals surface area (Å²) in [4.78, 5) is 15.1. The van der Waals surface area contributed by atoms with Gasteiger partial charge in [-0.15, -0.1) is 0 Å². The highest BCUT2D eigenvalue weighted by atomic mass is 16.5. The molecule has 1 aliphatic rings. The molecule has 0 spiro atoms. The van der Waals surface area contributed by atoms with Crippen LogP contribution in [0.1, 0.15) is 41.1 Å². The predicted octanol–water partition coefficient (Wildman–Crippen LogP) is 5.89. The average Bonchev–Trinajstić information content (AvgIpc) is 3.02. The summed E-state index contributed by atoms with van der Waals surface area (Å²) in [7, 11) is 0. The Morgan fingerprint density at radius 1 is 0.786 bits per heavy atom.